The number of benzene rings is 2. The fourth-order valence-electron chi connectivity index (χ4n) is 2.22. The molecule has 3 rings (SSSR count). The Hall–Kier alpha value is -3.46. The molecule has 0 fully saturated rings. The Kier molecular flexibility index (Phi) is 3.85. The zero-order valence-corrected chi connectivity index (χ0v) is 12.3. The van der Waals surface area contributed by atoms with Gasteiger partial charge in [-0.25, -0.2) is 4.79 Å². The Morgan fingerprint density at radius 1 is 1.09 bits per heavy atom. The molecular formula is C17H12N4O2. The van der Waals surface area contributed by atoms with E-state index in [1.807, 2.05) is 12.1 Å². The van der Waals surface area contributed by atoms with Crippen LogP contribution in [0.5, 0.6) is 0 Å². The minimum atomic E-state index is -0.385. The Bertz CT molecular complexity index is 874. The lowest BCUT2D eigenvalue weighted by molar-refractivity contribution is 0.0601. The van der Waals surface area contributed by atoms with Crippen molar-refractivity contribution in [3.63, 3.8) is 0 Å². The third-order valence-corrected chi connectivity index (χ3v) is 3.43. The van der Waals surface area contributed by atoms with Crippen molar-refractivity contribution in [1.82, 2.24) is 15.4 Å². The van der Waals surface area contributed by atoms with E-state index in [1.54, 1.807) is 36.4 Å². The molecule has 3 aromatic rings. The molecule has 0 atom stereocenters. The van der Waals surface area contributed by atoms with E-state index < -0.39 is 0 Å². The van der Waals surface area contributed by atoms with Gasteiger partial charge in [-0.05, 0) is 24.3 Å². The number of rotatable bonds is 3. The molecule has 0 saturated carbocycles. The van der Waals surface area contributed by atoms with Gasteiger partial charge in [-0.3, -0.25) is 5.10 Å². The molecule has 0 unspecified atom stereocenters. The minimum absolute atomic E-state index is 0.385. The lowest BCUT2D eigenvalue weighted by Crippen LogP contribution is -2.00. The van der Waals surface area contributed by atoms with E-state index in [1.165, 1.54) is 7.11 Å². The maximum Gasteiger partial charge on any atom is 0.337 e. The van der Waals surface area contributed by atoms with Crippen LogP contribution in [0.3, 0.4) is 0 Å². The maximum atomic E-state index is 11.5. The van der Waals surface area contributed by atoms with Crippen LogP contribution < -0.4 is 0 Å². The predicted octanol–water partition coefficient (Wildman–Crippen LogP) is 2.80. The van der Waals surface area contributed by atoms with Crippen molar-refractivity contribution in [2.45, 2.75) is 0 Å². The summed E-state index contributed by atoms with van der Waals surface area (Å²) >= 11 is 0. The average molecular weight is 304 g/mol. The highest BCUT2D eigenvalue weighted by molar-refractivity contribution is 5.90. The van der Waals surface area contributed by atoms with Crippen molar-refractivity contribution in [3.8, 4) is 28.6 Å². The first kappa shape index (κ1) is 14.5. The van der Waals surface area contributed by atoms with Crippen LogP contribution in [0.25, 0.3) is 22.5 Å². The smallest absolute Gasteiger partial charge is 0.337 e. The molecule has 1 aromatic heterocycles. The Morgan fingerprint density at radius 3 is 2.35 bits per heavy atom. The van der Waals surface area contributed by atoms with Crippen molar-refractivity contribution >= 4 is 5.97 Å². The van der Waals surface area contributed by atoms with Crippen LogP contribution in [0.15, 0.2) is 48.5 Å². The maximum absolute atomic E-state index is 11.5. The van der Waals surface area contributed by atoms with Gasteiger partial charge in [0.25, 0.3) is 0 Å². The highest BCUT2D eigenvalue weighted by Crippen LogP contribution is 2.28. The highest BCUT2D eigenvalue weighted by atomic mass is 16.5. The molecule has 0 amide bonds. The number of H-pyrrole nitrogens is 1. The molecule has 0 spiro atoms. The lowest BCUT2D eigenvalue weighted by atomic mass is 10.0. The third kappa shape index (κ3) is 2.80. The van der Waals surface area contributed by atoms with Gasteiger partial charge in [-0.2, -0.15) is 5.26 Å². The molecule has 0 radical (unpaired) electrons. The Morgan fingerprint density at radius 2 is 1.74 bits per heavy atom. The van der Waals surface area contributed by atoms with E-state index in [0.717, 1.165) is 16.8 Å². The van der Waals surface area contributed by atoms with Crippen molar-refractivity contribution in [3.05, 3.63) is 59.7 Å². The molecule has 0 bridgehead atoms. The van der Waals surface area contributed by atoms with E-state index >= 15 is 0 Å². The summed E-state index contributed by atoms with van der Waals surface area (Å²) < 4.78 is 4.68. The van der Waals surface area contributed by atoms with E-state index in [0.29, 0.717) is 16.8 Å². The predicted molar refractivity (Wildman–Crippen MR) is 83.3 cm³/mol. The molecule has 1 N–H and O–H groups in total. The summed E-state index contributed by atoms with van der Waals surface area (Å²) in [6.07, 6.45) is 0. The van der Waals surface area contributed by atoms with Crippen molar-refractivity contribution in [2.75, 3.05) is 7.11 Å². The molecule has 2 aromatic carbocycles. The summed E-state index contributed by atoms with van der Waals surface area (Å²) in [6.45, 7) is 0. The topological polar surface area (TPSA) is 91.7 Å². The number of hydrogen-bond donors (Lipinski definition) is 1. The van der Waals surface area contributed by atoms with Gasteiger partial charge in [0.1, 0.15) is 5.69 Å². The number of nitriles is 1. The second-order valence-electron chi connectivity index (χ2n) is 4.79. The Labute approximate surface area is 132 Å². The van der Waals surface area contributed by atoms with Gasteiger partial charge >= 0.3 is 5.97 Å². The standard InChI is InChI=1S/C17H12N4O2/c1-23-17(22)14-8-6-13(7-9-14)16-15(19-21-20-16)12-4-2-11(10-18)3-5-12/h2-9H,1H3,(H,19,20,21). The van der Waals surface area contributed by atoms with Crippen LogP contribution >= 0.6 is 0 Å². The fraction of sp³-hybridized carbons (Fsp3) is 0.0588. The second kappa shape index (κ2) is 6.12. The van der Waals surface area contributed by atoms with Gasteiger partial charge < -0.3 is 4.74 Å². The number of carbonyl (C=O) groups excluding carboxylic acids is 1. The number of nitrogens with one attached hydrogen (secondary N) is 1. The number of nitrogens with zero attached hydrogens (tertiary/aromatic N) is 3. The van der Waals surface area contributed by atoms with Crippen molar-refractivity contribution < 1.29 is 9.53 Å². The van der Waals surface area contributed by atoms with Crippen LogP contribution in [0.4, 0.5) is 0 Å². The molecular weight excluding hydrogens is 292 g/mol. The quantitative estimate of drug-likeness (QED) is 0.751. The highest BCUT2D eigenvalue weighted by Gasteiger charge is 2.13. The zero-order chi connectivity index (χ0) is 16.2. The summed E-state index contributed by atoms with van der Waals surface area (Å²) in [5.41, 5.74) is 4.18. The number of esters is 1. The normalized spacial score (nSPS) is 10.1. The molecule has 0 saturated heterocycles. The van der Waals surface area contributed by atoms with Crippen LogP contribution in [0.1, 0.15) is 15.9 Å². The summed E-state index contributed by atoms with van der Waals surface area (Å²) in [4.78, 5) is 11.5. The second-order valence-corrected chi connectivity index (χ2v) is 4.79. The number of aromatic nitrogens is 3. The monoisotopic (exact) mass is 304 g/mol. The summed E-state index contributed by atoms with van der Waals surface area (Å²) in [6, 6.07) is 16.2. The molecule has 6 nitrogen and oxygen atoms in total. The molecule has 1 heterocycles. The van der Waals surface area contributed by atoms with Gasteiger partial charge in [0.05, 0.1) is 30.0 Å². The molecule has 6 heteroatoms. The Balaban J connectivity index is 1.97. The van der Waals surface area contributed by atoms with E-state index in [4.69, 9.17) is 5.26 Å². The first-order valence-corrected chi connectivity index (χ1v) is 6.83. The largest absolute Gasteiger partial charge is 0.465 e. The summed E-state index contributed by atoms with van der Waals surface area (Å²) in [5, 5.41) is 19.7. The first-order chi connectivity index (χ1) is 11.2. The van der Waals surface area contributed by atoms with Crippen LogP contribution in [-0.4, -0.2) is 28.5 Å². The van der Waals surface area contributed by atoms with Gasteiger partial charge in [-0.15, -0.1) is 5.10 Å². The van der Waals surface area contributed by atoms with Gasteiger partial charge in [0.2, 0.25) is 0 Å². The number of carbonyl (C=O) groups is 1. The third-order valence-electron chi connectivity index (χ3n) is 3.43. The molecule has 23 heavy (non-hydrogen) atoms. The molecule has 112 valence electrons. The number of aromatic amines is 1. The number of methoxy groups -OCH3 is 1. The molecule has 0 aliphatic rings. The average Bonchev–Trinajstić information content (AvgIpc) is 3.11. The zero-order valence-electron chi connectivity index (χ0n) is 12.3. The van der Waals surface area contributed by atoms with Gasteiger partial charge in [0.15, 0.2) is 0 Å². The number of hydrogen-bond acceptors (Lipinski definition) is 5. The fourth-order valence-corrected chi connectivity index (χ4v) is 2.22. The van der Waals surface area contributed by atoms with Crippen LogP contribution in [-0.2, 0) is 4.74 Å². The van der Waals surface area contributed by atoms with E-state index in [9.17, 15) is 4.79 Å². The van der Waals surface area contributed by atoms with Crippen LogP contribution in [0, 0.1) is 11.3 Å². The van der Waals surface area contributed by atoms with E-state index in [2.05, 4.69) is 26.2 Å². The van der Waals surface area contributed by atoms with Gasteiger partial charge in [-0.1, -0.05) is 29.5 Å². The molecule has 0 aliphatic carbocycles. The summed E-state index contributed by atoms with van der Waals surface area (Å²) in [7, 11) is 1.34. The van der Waals surface area contributed by atoms with Gasteiger partial charge in [0, 0.05) is 11.1 Å². The van der Waals surface area contributed by atoms with Crippen LogP contribution in [0.2, 0.25) is 0 Å². The van der Waals surface area contributed by atoms with E-state index in [-0.39, 0.29) is 5.97 Å². The SMILES string of the molecule is COC(=O)c1ccc(-c2nn[nH]c2-c2ccc(C#N)cc2)cc1. The number of ether oxygens (including phenoxy) is 1. The summed E-state index contributed by atoms with van der Waals surface area (Å²) in [5.74, 6) is -0.385. The van der Waals surface area contributed by atoms with Crippen molar-refractivity contribution in [2.24, 2.45) is 0 Å². The first-order valence-electron chi connectivity index (χ1n) is 6.83. The van der Waals surface area contributed by atoms with Crippen molar-refractivity contribution in [1.29, 1.82) is 5.26 Å². The minimum Gasteiger partial charge on any atom is -0.465 e. The lowest BCUT2D eigenvalue weighted by Gasteiger charge is -2.04. The molecule has 0 aliphatic heterocycles.